The number of hydrogen-bond acceptors (Lipinski definition) is 4. The van der Waals surface area contributed by atoms with E-state index in [2.05, 4.69) is 15.5 Å². The summed E-state index contributed by atoms with van der Waals surface area (Å²) in [7, 11) is 0. The van der Waals surface area contributed by atoms with E-state index in [1.54, 1.807) is 6.26 Å². The molecular formula is C16H21N3O2S. The number of nitrogens with zero attached hydrogens (tertiary/aromatic N) is 1. The molecule has 0 aliphatic carbocycles. The number of thiophene rings is 1. The van der Waals surface area contributed by atoms with Crippen LogP contribution in [0.15, 0.2) is 40.3 Å². The third-order valence-electron chi connectivity index (χ3n) is 3.92. The van der Waals surface area contributed by atoms with Gasteiger partial charge in [0.2, 0.25) is 0 Å². The Hall–Kier alpha value is -1.79. The molecule has 1 aliphatic heterocycles. The van der Waals surface area contributed by atoms with E-state index in [1.807, 2.05) is 29.6 Å². The van der Waals surface area contributed by atoms with Gasteiger partial charge < -0.3 is 9.73 Å². The monoisotopic (exact) mass is 319 g/mol. The van der Waals surface area contributed by atoms with Crippen molar-refractivity contribution < 1.29 is 9.21 Å². The third-order valence-corrected chi connectivity index (χ3v) is 4.70. The first kappa shape index (κ1) is 15.1. The second-order valence-corrected chi connectivity index (χ2v) is 6.39. The molecule has 3 heterocycles. The maximum atomic E-state index is 12.0. The average Bonchev–Trinajstić information content (AvgIpc) is 3.22. The van der Waals surface area contributed by atoms with Crippen molar-refractivity contribution in [2.24, 2.45) is 0 Å². The number of nitrogens with one attached hydrogen (secondary N) is 2. The Morgan fingerprint density at radius 1 is 1.27 bits per heavy atom. The minimum absolute atomic E-state index is 0.101. The van der Waals surface area contributed by atoms with Gasteiger partial charge in [-0.15, -0.1) is 11.3 Å². The van der Waals surface area contributed by atoms with E-state index in [-0.39, 0.29) is 12.1 Å². The number of urea groups is 1. The molecule has 1 unspecified atom stereocenters. The molecule has 2 amide bonds. The largest absolute Gasteiger partial charge is 0.468 e. The number of piperidine rings is 1. The maximum Gasteiger partial charge on any atom is 0.319 e. The van der Waals surface area contributed by atoms with Gasteiger partial charge >= 0.3 is 6.03 Å². The van der Waals surface area contributed by atoms with Gasteiger partial charge in [-0.05, 0) is 55.6 Å². The van der Waals surface area contributed by atoms with Crippen molar-refractivity contribution in [2.75, 3.05) is 25.0 Å². The number of rotatable bonds is 5. The predicted molar refractivity (Wildman–Crippen MR) is 88.2 cm³/mol. The van der Waals surface area contributed by atoms with Gasteiger partial charge in [-0.1, -0.05) is 6.42 Å². The molecule has 0 saturated carbocycles. The Balaban J connectivity index is 1.59. The standard InChI is InChI=1S/C16H21N3O2S/c20-16(18-15-7-5-11-22-15)17-12-13(14-6-4-10-21-14)19-8-2-1-3-9-19/h4-7,10-11,13H,1-3,8-9,12H2,(H2,17,18,20). The molecule has 118 valence electrons. The summed E-state index contributed by atoms with van der Waals surface area (Å²) >= 11 is 1.51. The zero-order chi connectivity index (χ0) is 15.2. The van der Waals surface area contributed by atoms with Crippen LogP contribution in [0.5, 0.6) is 0 Å². The highest BCUT2D eigenvalue weighted by molar-refractivity contribution is 7.14. The molecule has 2 aromatic rings. The lowest BCUT2D eigenvalue weighted by atomic mass is 10.1. The Bertz CT molecular complexity index is 562. The van der Waals surface area contributed by atoms with E-state index in [9.17, 15) is 4.79 Å². The molecule has 22 heavy (non-hydrogen) atoms. The molecule has 1 atom stereocenters. The van der Waals surface area contributed by atoms with Crippen LogP contribution in [-0.2, 0) is 0 Å². The van der Waals surface area contributed by atoms with Crippen LogP contribution in [0.25, 0.3) is 0 Å². The molecule has 0 radical (unpaired) electrons. The topological polar surface area (TPSA) is 57.5 Å². The van der Waals surface area contributed by atoms with Crippen molar-refractivity contribution in [1.29, 1.82) is 0 Å². The first-order chi connectivity index (χ1) is 10.8. The number of hydrogen-bond donors (Lipinski definition) is 2. The molecule has 2 aromatic heterocycles. The molecule has 1 aliphatic rings. The van der Waals surface area contributed by atoms with Crippen molar-refractivity contribution in [3.05, 3.63) is 41.7 Å². The first-order valence-electron chi connectivity index (χ1n) is 7.69. The second kappa shape index (κ2) is 7.47. The van der Waals surface area contributed by atoms with Gasteiger partial charge in [-0.3, -0.25) is 10.2 Å². The smallest absolute Gasteiger partial charge is 0.319 e. The third kappa shape index (κ3) is 3.90. The van der Waals surface area contributed by atoms with Crippen LogP contribution in [0.3, 0.4) is 0 Å². The van der Waals surface area contributed by atoms with Gasteiger partial charge in [0.1, 0.15) is 5.76 Å². The molecule has 6 heteroatoms. The van der Waals surface area contributed by atoms with E-state index in [0.717, 1.165) is 23.9 Å². The zero-order valence-corrected chi connectivity index (χ0v) is 13.3. The van der Waals surface area contributed by atoms with Gasteiger partial charge in [0, 0.05) is 6.54 Å². The first-order valence-corrected chi connectivity index (χ1v) is 8.57. The lowest BCUT2D eigenvalue weighted by molar-refractivity contribution is 0.144. The van der Waals surface area contributed by atoms with E-state index < -0.39 is 0 Å². The Morgan fingerprint density at radius 2 is 2.14 bits per heavy atom. The van der Waals surface area contributed by atoms with E-state index >= 15 is 0 Å². The van der Waals surface area contributed by atoms with Crippen LogP contribution in [0.2, 0.25) is 0 Å². The van der Waals surface area contributed by atoms with Crippen LogP contribution in [0, 0.1) is 0 Å². The van der Waals surface area contributed by atoms with Gasteiger partial charge in [0.05, 0.1) is 17.3 Å². The number of carbonyl (C=O) groups is 1. The quantitative estimate of drug-likeness (QED) is 0.883. The summed E-state index contributed by atoms with van der Waals surface area (Å²) in [5.74, 6) is 0.915. The van der Waals surface area contributed by atoms with Crippen molar-refractivity contribution in [1.82, 2.24) is 10.2 Å². The highest BCUT2D eigenvalue weighted by Gasteiger charge is 2.24. The van der Waals surface area contributed by atoms with Gasteiger partial charge in [-0.25, -0.2) is 4.79 Å². The lowest BCUT2D eigenvalue weighted by Crippen LogP contribution is -2.41. The van der Waals surface area contributed by atoms with Crippen LogP contribution in [0.1, 0.15) is 31.1 Å². The molecule has 2 N–H and O–H groups in total. The fourth-order valence-electron chi connectivity index (χ4n) is 2.82. The van der Waals surface area contributed by atoms with Gasteiger partial charge in [-0.2, -0.15) is 0 Å². The normalized spacial score (nSPS) is 17.1. The highest BCUT2D eigenvalue weighted by atomic mass is 32.1. The lowest BCUT2D eigenvalue weighted by Gasteiger charge is -2.33. The molecule has 0 aromatic carbocycles. The number of carbonyl (C=O) groups excluding carboxylic acids is 1. The summed E-state index contributed by atoms with van der Waals surface area (Å²) in [6, 6.07) is 7.62. The average molecular weight is 319 g/mol. The van der Waals surface area contributed by atoms with Crippen molar-refractivity contribution in [2.45, 2.75) is 25.3 Å². The summed E-state index contributed by atoms with van der Waals surface area (Å²) in [6.45, 7) is 2.66. The van der Waals surface area contributed by atoms with Gasteiger partial charge in [0.25, 0.3) is 0 Å². The number of likely N-dealkylation sites (tertiary alicyclic amines) is 1. The second-order valence-electron chi connectivity index (χ2n) is 5.44. The van der Waals surface area contributed by atoms with Crippen LogP contribution < -0.4 is 10.6 Å². The van der Waals surface area contributed by atoms with Gasteiger partial charge in [0.15, 0.2) is 0 Å². The fourth-order valence-corrected chi connectivity index (χ4v) is 3.43. The molecule has 1 fully saturated rings. The summed E-state index contributed by atoms with van der Waals surface area (Å²) in [5, 5.41) is 8.60. The van der Waals surface area contributed by atoms with Crippen molar-refractivity contribution in [3.63, 3.8) is 0 Å². The van der Waals surface area contributed by atoms with Crippen molar-refractivity contribution in [3.8, 4) is 0 Å². The molecule has 3 rings (SSSR count). The molecule has 1 saturated heterocycles. The predicted octanol–water partition coefficient (Wildman–Crippen LogP) is 3.69. The Labute approximate surface area is 134 Å². The fraction of sp³-hybridized carbons (Fsp3) is 0.438. The molecule has 5 nitrogen and oxygen atoms in total. The molecular weight excluding hydrogens is 298 g/mol. The van der Waals surface area contributed by atoms with E-state index in [1.165, 1.54) is 30.6 Å². The Morgan fingerprint density at radius 3 is 2.82 bits per heavy atom. The highest BCUT2D eigenvalue weighted by Crippen LogP contribution is 2.24. The summed E-state index contributed by atoms with van der Waals surface area (Å²) in [5.41, 5.74) is 0. The molecule has 0 spiro atoms. The minimum Gasteiger partial charge on any atom is -0.468 e. The minimum atomic E-state index is -0.170. The van der Waals surface area contributed by atoms with Crippen molar-refractivity contribution >= 4 is 22.4 Å². The summed E-state index contributed by atoms with van der Waals surface area (Å²) < 4.78 is 5.58. The zero-order valence-electron chi connectivity index (χ0n) is 12.5. The number of amides is 2. The van der Waals surface area contributed by atoms with E-state index in [0.29, 0.717) is 6.54 Å². The molecule has 0 bridgehead atoms. The maximum absolute atomic E-state index is 12.0. The number of anilines is 1. The number of furan rings is 1. The summed E-state index contributed by atoms with van der Waals surface area (Å²) in [4.78, 5) is 14.4. The van der Waals surface area contributed by atoms with Crippen LogP contribution in [0.4, 0.5) is 9.80 Å². The Kier molecular flexibility index (Phi) is 5.13. The summed E-state index contributed by atoms with van der Waals surface area (Å²) in [6.07, 6.45) is 5.39. The van der Waals surface area contributed by atoms with Crippen LogP contribution >= 0.6 is 11.3 Å². The SMILES string of the molecule is O=C(NCC(c1ccco1)N1CCCCC1)Nc1cccs1. The van der Waals surface area contributed by atoms with Crippen LogP contribution in [-0.4, -0.2) is 30.6 Å². The van der Waals surface area contributed by atoms with E-state index in [4.69, 9.17) is 4.42 Å².